The fraction of sp³-hybridized carbons (Fsp3) is 0.500. The molecule has 0 heterocycles. The van der Waals surface area contributed by atoms with Gasteiger partial charge in [0, 0.05) is 0 Å². The first-order chi connectivity index (χ1) is 6.15. The minimum absolute atomic E-state index is 0.287. The van der Waals surface area contributed by atoms with Gasteiger partial charge in [-0.05, 0) is 31.4 Å². The van der Waals surface area contributed by atoms with Crippen molar-refractivity contribution in [1.29, 1.82) is 0 Å². The van der Waals surface area contributed by atoms with Crippen molar-refractivity contribution in [2.75, 3.05) is 0 Å². The predicted molar refractivity (Wildman–Crippen MR) is 55.8 cm³/mol. The summed E-state index contributed by atoms with van der Waals surface area (Å²) in [6.07, 6.45) is 1.59. The van der Waals surface area contributed by atoms with Crippen molar-refractivity contribution in [2.24, 2.45) is 0 Å². The Morgan fingerprint density at radius 2 is 2.00 bits per heavy atom. The zero-order valence-electron chi connectivity index (χ0n) is 8.67. The average Bonchev–Trinajstić information content (AvgIpc) is 2.09. The molecule has 0 amide bonds. The van der Waals surface area contributed by atoms with Gasteiger partial charge in [-0.1, -0.05) is 37.1 Å². The highest BCUT2D eigenvalue weighted by Gasteiger charge is 2.08. The van der Waals surface area contributed by atoms with E-state index in [2.05, 4.69) is 32.0 Å². The van der Waals surface area contributed by atoms with E-state index in [1.165, 1.54) is 11.1 Å². The standard InChI is InChI=1S/C12H18O/c1-4-5-12(13)11-8-9(2)6-7-10(11)3/h6-8,12-13H,4-5H2,1-3H3/t12-/m0/s1. The molecule has 0 saturated carbocycles. The zero-order valence-corrected chi connectivity index (χ0v) is 8.67. The maximum absolute atomic E-state index is 9.83. The minimum atomic E-state index is -0.287. The Kier molecular flexibility index (Phi) is 3.49. The first-order valence-electron chi connectivity index (χ1n) is 4.90. The van der Waals surface area contributed by atoms with Crippen molar-refractivity contribution in [3.8, 4) is 0 Å². The Hall–Kier alpha value is -0.820. The molecule has 1 aromatic carbocycles. The summed E-state index contributed by atoms with van der Waals surface area (Å²) < 4.78 is 0. The Labute approximate surface area is 80.4 Å². The van der Waals surface area contributed by atoms with Gasteiger partial charge in [-0.3, -0.25) is 0 Å². The number of aliphatic hydroxyl groups is 1. The van der Waals surface area contributed by atoms with Crippen LogP contribution in [0.1, 0.15) is 42.6 Å². The summed E-state index contributed by atoms with van der Waals surface area (Å²) in [5, 5.41) is 9.83. The number of aryl methyl sites for hydroxylation is 2. The third-order valence-corrected chi connectivity index (χ3v) is 2.36. The van der Waals surface area contributed by atoms with Gasteiger partial charge in [-0.15, -0.1) is 0 Å². The number of aliphatic hydroxyl groups excluding tert-OH is 1. The number of rotatable bonds is 3. The smallest absolute Gasteiger partial charge is 0.0792 e. The van der Waals surface area contributed by atoms with Crippen LogP contribution in [0.5, 0.6) is 0 Å². The molecular weight excluding hydrogens is 160 g/mol. The first kappa shape index (κ1) is 10.3. The summed E-state index contributed by atoms with van der Waals surface area (Å²) in [5.74, 6) is 0. The summed E-state index contributed by atoms with van der Waals surface area (Å²) in [5.41, 5.74) is 3.49. The van der Waals surface area contributed by atoms with E-state index in [1.54, 1.807) is 0 Å². The molecule has 1 rings (SSSR count). The van der Waals surface area contributed by atoms with E-state index in [1.807, 2.05) is 6.92 Å². The molecule has 0 aromatic heterocycles. The Bertz CT molecular complexity index is 278. The maximum atomic E-state index is 9.83. The van der Waals surface area contributed by atoms with Crippen LogP contribution in [0.4, 0.5) is 0 Å². The first-order valence-corrected chi connectivity index (χ1v) is 4.90. The molecule has 1 N–H and O–H groups in total. The maximum Gasteiger partial charge on any atom is 0.0792 e. The molecule has 1 aromatic rings. The highest BCUT2D eigenvalue weighted by molar-refractivity contribution is 5.31. The van der Waals surface area contributed by atoms with E-state index >= 15 is 0 Å². The van der Waals surface area contributed by atoms with Gasteiger partial charge in [0.25, 0.3) is 0 Å². The van der Waals surface area contributed by atoms with E-state index in [-0.39, 0.29) is 6.10 Å². The lowest BCUT2D eigenvalue weighted by molar-refractivity contribution is 0.165. The van der Waals surface area contributed by atoms with Crippen molar-refractivity contribution in [3.63, 3.8) is 0 Å². The van der Waals surface area contributed by atoms with Crippen molar-refractivity contribution in [3.05, 3.63) is 34.9 Å². The quantitative estimate of drug-likeness (QED) is 0.754. The SMILES string of the molecule is CCC[C@H](O)c1cc(C)ccc1C. The van der Waals surface area contributed by atoms with Gasteiger partial charge < -0.3 is 5.11 Å². The predicted octanol–water partition coefficient (Wildman–Crippen LogP) is 3.14. The van der Waals surface area contributed by atoms with Crippen LogP contribution in [0.15, 0.2) is 18.2 Å². The fourth-order valence-electron chi connectivity index (χ4n) is 1.55. The van der Waals surface area contributed by atoms with Crippen LogP contribution in [0.2, 0.25) is 0 Å². The van der Waals surface area contributed by atoms with E-state index in [0.29, 0.717) is 0 Å². The molecule has 0 fully saturated rings. The average molecular weight is 178 g/mol. The summed E-state index contributed by atoms with van der Waals surface area (Å²) in [6, 6.07) is 6.23. The third kappa shape index (κ3) is 2.56. The lowest BCUT2D eigenvalue weighted by Gasteiger charge is -2.13. The molecule has 13 heavy (non-hydrogen) atoms. The molecule has 0 unspecified atom stereocenters. The van der Waals surface area contributed by atoms with E-state index in [9.17, 15) is 5.11 Å². The highest BCUT2D eigenvalue weighted by atomic mass is 16.3. The molecule has 72 valence electrons. The van der Waals surface area contributed by atoms with Crippen LogP contribution in [0, 0.1) is 13.8 Å². The zero-order chi connectivity index (χ0) is 9.84. The lowest BCUT2D eigenvalue weighted by atomic mass is 9.98. The molecule has 1 atom stereocenters. The Morgan fingerprint density at radius 3 is 2.62 bits per heavy atom. The Balaban J connectivity index is 2.91. The summed E-state index contributed by atoms with van der Waals surface area (Å²) in [4.78, 5) is 0. The number of hydrogen-bond acceptors (Lipinski definition) is 1. The van der Waals surface area contributed by atoms with Crippen LogP contribution in [-0.4, -0.2) is 5.11 Å². The van der Waals surface area contributed by atoms with Crippen LogP contribution in [0.3, 0.4) is 0 Å². The second kappa shape index (κ2) is 4.43. The van der Waals surface area contributed by atoms with Crippen molar-refractivity contribution < 1.29 is 5.11 Å². The Morgan fingerprint density at radius 1 is 1.31 bits per heavy atom. The molecule has 0 bridgehead atoms. The summed E-state index contributed by atoms with van der Waals surface area (Å²) in [7, 11) is 0. The summed E-state index contributed by atoms with van der Waals surface area (Å²) in [6.45, 7) is 6.20. The summed E-state index contributed by atoms with van der Waals surface area (Å²) >= 11 is 0. The second-order valence-electron chi connectivity index (χ2n) is 3.66. The van der Waals surface area contributed by atoms with E-state index < -0.39 is 0 Å². The molecule has 0 aliphatic rings. The van der Waals surface area contributed by atoms with Crippen molar-refractivity contribution in [1.82, 2.24) is 0 Å². The van der Waals surface area contributed by atoms with E-state index in [0.717, 1.165) is 18.4 Å². The van der Waals surface area contributed by atoms with Crippen LogP contribution < -0.4 is 0 Å². The highest BCUT2D eigenvalue weighted by Crippen LogP contribution is 2.22. The van der Waals surface area contributed by atoms with Crippen LogP contribution >= 0.6 is 0 Å². The monoisotopic (exact) mass is 178 g/mol. The van der Waals surface area contributed by atoms with Crippen LogP contribution in [0.25, 0.3) is 0 Å². The second-order valence-corrected chi connectivity index (χ2v) is 3.66. The number of benzene rings is 1. The molecule has 1 heteroatoms. The third-order valence-electron chi connectivity index (χ3n) is 2.36. The van der Waals surface area contributed by atoms with Crippen LogP contribution in [-0.2, 0) is 0 Å². The van der Waals surface area contributed by atoms with Gasteiger partial charge in [0.2, 0.25) is 0 Å². The van der Waals surface area contributed by atoms with Gasteiger partial charge in [0.1, 0.15) is 0 Å². The van der Waals surface area contributed by atoms with Gasteiger partial charge in [0.05, 0.1) is 6.10 Å². The molecule has 0 aliphatic heterocycles. The molecule has 0 radical (unpaired) electrons. The van der Waals surface area contributed by atoms with Gasteiger partial charge in [0.15, 0.2) is 0 Å². The largest absolute Gasteiger partial charge is 0.388 e. The molecular formula is C12H18O. The lowest BCUT2D eigenvalue weighted by Crippen LogP contribution is -1.99. The molecule has 1 nitrogen and oxygen atoms in total. The van der Waals surface area contributed by atoms with Gasteiger partial charge in [-0.2, -0.15) is 0 Å². The molecule has 0 spiro atoms. The number of hydrogen-bond donors (Lipinski definition) is 1. The minimum Gasteiger partial charge on any atom is -0.388 e. The topological polar surface area (TPSA) is 20.2 Å². The molecule has 0 aliphatic carbocycles. The van der Waals surface area contributed by atoms with Crippen molar-refractivity contribution >= 4 is 0 Å². The van der Waals surface area contributed by atoms with Crippen molar-refractivity contribution in [2.45, 2.75) is 39.7 Å². The van der Waals surface area contributed by atoms with Gasteiger partial charge in [-0.25, -0.2) is 0 Å². The normalized spacial score (nSPS) is 12.9. The van der Waals surface area contributed by atoms with E-state index in [4.69, 9.17) is 0 Å². The molecule has 0 saturated heterocycles. The fourth-order valence-corrected chi connectivity index (χ4v) is 1.55. The van der Waals surface area contributed by atoms with Gasteiger partial charge >= 0.3 is 0 Å².